The Morgan fingerprint density at radius 2 is 2.07 bits per heavy atom. The number of halogens is 1. The lowest BCUT2D eigenvalue weighted by Gasteiger charge is -2.09. The van der Waals surface area contributed by atoms with Crippen LogP contribution < -0.4 is 5.32 Å². The largest absolute Gasteiger partial charge is 0.369 e. The van der Waals surface area contributed by atoms with Gasteiger partial charge in [0.15, 0.2) is 5.15 Å². The van der Waals surface area contributed by atoms with Crippen LogP contribution in [0.4, 0.5) is 5.82 Å². The van der Waals surface area contributed by atoms with Gasteiger partial charge in [-0.05, 0) is 24.5 Å². The lowest BCUT2D eigenvalue weighted by atomic mass is 10.0. The van der Waals surface area contributed by atoms with Crippen molar-refractivity contribution in [2.75, 3.05) is 11.9 Å². The van der Waals surface area contributed by atoms with Crippen LogP contribution in [-0.4, -0.2) is 16.7 Å². The van der Waals surface area contributed by atoms with E-state index in [1.165, 1.54) is 32.1 Å². The number of nitrogens with zero attached hydrogens (tertiary/aromatic N) is 2. The maximum Gasteiger partial charge on any atom is 0.151 e. The molecule has 0 bridgehead atoms. The predicted molar refractivity (Wildman–Crippen MR) is 62.1 cm³/mol. The Bertz CT molecular complexity index is 293. The minimum atomic E-state index is 0.441. The lowest BCUT2D eigenvalue weighted by molar-refractivity contribution is 0.518. The minimum absolute atomic E-state index is 0.441. The molecule has 0 radical (unpaired) electrons. The number of aromatic nitrogens is 2. The van der Waals surface area contributed by atoms with Crippen molar-refractivity contribution in [2.45, 2.75) is 32.1 Å². The van der Waals surface area contributed by atoms with Gasteiger partial charge in [0, 0.05) is 6.54 Å². The fourth-order valence-electron chi connectivity index (χ4n) is 2.11. The third-order valence-corrected chi connectivity index (χ3v) is 3.17. The summed E-state index contributed by atoms with van der Waals surface area (Å²) in [4.78, 5) is 0. The third-order valence-electron chi connectivity index (χ3n) is 2.97. The molecule has 0 atom stereocenters. The zero-order valence-electron chi connectivity index (χ0n) is 8.75. The second-order valence-electron chi connectivity index (χ2n) is 4.11. The molecule has 1 N–H and O–H groups in total. The van der Waals surface area contributed by atoms with E-state index in [2.05, 4.69) is 15.5 Å². The molecule has 0 amide bonds. The lowest BCUT2D eigenvalue weighted by Crippen LogP contribution is -2.08. The van der Waals surface area contributed by atoms with Gasteiger partial charge in [0.2, 0.25) is 0 Å². The Morgan fingerprint density at radius 3 is 2.73 bits per heavy atom. The minimum Gasteiger partial charge on any atom is -0.369 e. The van der Waals surface area contributed by atoms with E-state index in [4.69, 9.17) is 11.6 Å². The molecule has 15 heavy (non-hydrogen) atoms. The molecule has 1 aromatic heterocycles. The van der Waals surface area contributed by atoms with Crippen LogP contribution in [0.3, 0.4) is 0 Å². The standard InChI is InChI=1S/C11H16ClN3/c12-10-5-6-11(15-14-10)13-8-7-9-3-1-2-4-9/h5-6,9H,1-4,7-8H2,(H,13,15). The smallest absolute Gasteiger partial charge is 0.151 e. The molecule has 0 aliphatic heterocycles. The summed E-state index contributed by atoms with van der Waals surface area (Å²) in [5.74, 6) is 1.73. The predicted octanol–water partition coefficient (Wildman–Crippen LogP) is 3.12. The van der Waals surface area contributed by atoms with Crippen LogP contribution in [0.25, 0.3) is 0 Å². The molecule has 82 valence electrons. The first kappa shape index (κ1) is 10.7. The molecule has 1 fully saturated rings. The summed E-state index contributed by atoms with van der Waals surface area (Å²) >= 11 is 5.65. The van der Waals surface area contributed by atoms with Crippen molar-refractivity contribution in [3.8, 4) is 0 Å². The molecule has 0 spiro atoms. The van der Waals surface area contributed by atoms with E-state index in [-0.39, 0.29) is 0 Å². The summed E-state index contributed by atoms with van der Waals surface area (Å²) in [6.45, 7) is 0.987. The molecule has 1 aliphatic rings. The van der Waals surface area contributed by atoms with Crippen LogP contribution in [0, 0.1) is 5.92 Å². The zero-order chi connectivity index (χ0) is 10.5. The Balaban J connectivity index is 1.71. The van der Waals surface area contributed by atoms with Crippen molar-refractivity contribution in [1.29, 1.82) is 0 Å². The Kier molecular flexibility index (Phi) is 3.78. The molecular formula is C11H16ClN3. The van der Waals surface area contributed by atoms with Crippen LogP contribution in [0.15, 0.2) is 12.1 Å². The van der Waals surface area contributed by atoms with Gasteiger partial charge in [0.1, 0.15) is 5.82 Å². The van der Waals surface area contributed by atoms with Crippen molar-refractivity contribution in [2.24, 2.45) is 5.92 Å². The SMILES string of the molecule is Clc1ccc(NCCC2CCCC2)nn1. The van der Waals surface area contributed by atoms with Crippen molar-refractivity contribution in [3.05, 3.63) is 17.3 Å². The maximum absolute atomic E-state index is 5.65. The molecule has 2 rings (SSSR count). The fraction of sp³-hybridized carbons (Fsp3) is 0.636. The van der Waals surface area contributed by atoms with Crippen LogP contribution in [0.2, 0.25) is 5.15 Å². The van der Waals surface area contributed by atoms with Gasteiger partial charge in [-0.3, -0.25) is 0 Å². The zero-order valence-corrected chi connectivity index (χ0v) is 9.50. The second-order valence-corrected chi connectivity index (χ2v) is 4.49. The number of hydrogen-bond acceptors (Lipinski definition) is 3. The number of anilines is 1. The number of hydrogen-bond donors (Lipinski definition) is 1. The van der Waals surface area contributed by atoms with Gasteiger partial charge in [-0.15, -0.1) is 10.2 Å². The van der Waals surface area contributed by atoms with Crippen molar-refractivity contribution in [1.82, 2.24) is 10.2 Å². The van der Waals surface area contributed by atoms with Crippen LogP contribution in [-0.2, 0) is 0 Å². The summed E-state index contributed by atoms with van der Waals surface area (Å²) in [7, 11) is 0. The molecule has 0 unspecified atom stereocenters. The van der Waals surface area contributed by atoms with Gasteiger partial charge in [-0.25, -0.2) is 0 Å². The number of rotatable bonds is 4. The third kappa shape index (κ3) is 3.34. The van der Waals surface area contributed by atoms with E-state index in [0.29, 0.717) is 5.15 Å². The fourth-order valence-corrected chi connectivity index (χ4v) is 2.21. The van der Waals surface area contributed by atoms with Crippen molar-refractivity contribution >= 4 is 17.4 Å². The molecule has 1 heterocycles. The quantitative estimate of drug-likeness (QED) is 0.856. The van der Waals surface area contributed by atoms with Gasteiger partial charge in [-0.2, -0.15) is 0 Å². The first-order chi connectivity index (χ1) is 7.34. The topological polar surface area (TPSA) is 37.8 Å². The van der Waals surface area contributed by atoms with Gasteiger partial charge < -0.3 is 5.32 Å². The van der Waals surface area contributed by atoms with Gasteiger partial charge in [-0.1, -0.05) is 37.3 Å². The second kappa shape index (κ2) is 5.31. The average Bonchev–Trinajstić information content (AvgIpc) is 2.74. The molecule has 3 nitrogen and oxygen atoms in total. The highest BCUT2D eigenvalue weighted by Gasteiger charge is 2.13. The number of nitrogens with one attached hydrogen (secondary N) is 1. The molecular weight excluding hydrogens is 210 g/mol. The molecule has 0 aromatic carbocycles. The van der Waals surface area contributed by atoms with Crippen LogP contribution in [0.1, 0.15) is 32.1 Å². The Labute approximate surface area is 95.2 Å². The summed E-state index contributed by atoms with van der Waals surface area (Å²) in [6.07, 6.45) is 6.85. The van der Waals surface area contributed by atoms with E-state index in [0.717, 1.165) is 18.3 Å². The first-order valence-electron chi connectivity index (χ1n) is 5.58. The normalized spacial score (nSPS) is 16.9. The molecule has 4 heteroatoms. The van der Waals surface area contributed by atoms with Gasteiger partial charge in [0.25, 0.3) is 0 Å². The first-order valence-corrected chi connectivity index (χ1v) is 5.95. The van der Waals surface area contributed by atoms with Crippen LogP contribution >= 0.6 is 11.6 Å². The highest BCUT2D eigenvalue weighted by atomic mass is 35.5. The summed E-state index contributed by atoms with van der Waals surface area (Å²) in [5.41, 5.74) is 0. The Morgan fingerprint density at radius 1 is 1.27 bits per heavy atom. The van der Waals surface area contributed by atoms with E-state index in [1.54, 1.807) is 6.07 Å². The van der Waals surface area contributed by atoms with Crippen molar-refractivity contribution < 1.29 is 0 Å². The van der Waals surface area contributed by atoms with E-state index in [9.17, 15) is 0 Å². The average molecular weight is 226 g/mol. The Hall–Kier alpha value is -0.830. The highest BCUT2D eigenvalue weighted by Crippen LogP contribution is 2.27. The monoisotopic (exact) mass is 225 g/mol. The molecule has 1 aliphatic carbocycles. The maximum atomic E-state index is 5.65. The van der Waals surface area contributed by atoms with Gasteiger partial charge in [0.05, 0.1) is 0 Å². The summed E-state index contributed by atoms with van der Waals surface area (Å²) in [5, 5.41) is 11.4. The van der Waals surface area contributed by atoms with Crippen LogP contribution in [0.5, 0.6) is 0 Å². The van der Waals surface area contributed by atoms with E-state index < -0.39 is 0 Å². The van der Waals surface area contributed by atoms with E-state index in [1.807, 2.05) is 6.07 Å². The molecule has 1 saturated carbocycles. The van der Waals surface area contributed by atoms with Crippen molar-refractivity contribution in [3.63, 3.8) is 0 Å². The highest BCUT2D eigenvalue weighted by molar-refractivity contribution is 6.29. The summed E-state index contributed by atoms with van der Waals surface area (Å²) in [6, 6.07) is 3.62. The summed E-state index contributed by atoms with van der Waals surface area (Å²) < 4.78 is 0. The van der Waals surface area contributed by atoms with Gasteiger partial charge >= 0.3 is 0 Å². The molecule has 0 saturated heterocycles. The van der Waals surface area contributed by atoms with E-state index >= 15 is 0 Å². The molecule has 1 aromatic rings.